The Morgan fingerprint density at radius 1 is 1.15 bits per heavy atom. The van der Waals surface area contributed by atoms with Crippen LogP contribution in [0.2, 0.25) is 0 Å². The Kier molecular flexibility index (Phi) is 3.89. The standard InChI is InChI=1S/C21H20N2O2S/c24-21(18-12-14-6-1-3-9-17(14)25-18)23-11-5-7-15(13-23)20-22-16-8-2-4-10-19(16)26-20/h1-4,6,8-10,15,18H,5,7,11-13H2/t15-,18+/m0/s1. The molecule has 26 heavy (non-hydrogen) atoms. The van der Waals surface area contributed by atoms with Crippen molar-refractivity contribution in [2.45, 2.75) is 31.3 Å². The van der Waals surface area contributed by atoms with Crippen molar-refractivity contribution in [2.24, 2.45) is 0 Å². The van der Waals surface area contributed by atoms with Gasteiger partial charge in [0.1, 0.15) is 5.75 Å². The van der Waals surface area contributed by atoms with E-state index in [1.165, 1.54) is 4.70 Å². The summed E-state index contributed by atoms with van der Waals surface area (Å²) in [6.07, 6.45) is 2.42. The molecule has 2 aliphatic heterocycles. The molecule has 0 unspecified atom stereocenters. The van der Waals surface area contributed by atoms with Gasteiger partial charge in [-0.2, -0.15) is 0 Å². The van der Waals surface area contributed by atoms with Gasteiger partial charge >= 0.3 is 0 Å². The number of thiazole rings is 1. The lowest BCUT2D eigenvalue weighted by Crippen LogP contribution is -2.45. The molecular formula is C21H20N2O2S. The van der Waals surface area contributed by atoms with Crippen LogP contribution in [0.15, 0.2) is 48.5 Å². The third-order valence-corrected chi connectivity index (χ3v) is 6.51. The van der Waals surface area contributed by atoms with Crippen LogP contribution in [0.3, 0.4) is 0 Å². The Hall–Kier alpha value is -2.40. The number of piperidine rings is 1. The van der Waals surface area contributed by atoms with Gasteiger partial charge in [0.2, 0.25) is 0 Å². The second kappa shape index (κ2) is 6.40. The molecule has 1 amide bonds. The smallest absolute Gasteiger partial charge is 0.264 e. The highest BCUT2D eigenvalue weighted by atomic mass is 32.1. The van der Waals surface area contributed by atoms with Crippen LogP contribution in [-0.2, 0) is 11.2 Å². The quantitative estimate of drug-likeness (QED) is 0.690. The van der Waals surface area contributed by atoms with Crippen LogP contribution in [0.1, 0.15) is 29.3 Å². The summed E-state index contributed by atoms with van der Waals surface area (Å²) >= 11 is 1.76. The molecule has 2 atom stereocenters. The topological polar surface area (TPSA) is 42.4 Å². The van der Waals surface area contributed by atoms with E-state index in [2.05, 4.69) is 18.2 Å². The first-order valence-electron chi connectivity index (χ1n) is 9.17. The number of nitrogens with zero attached hydrogens (tertiary/aromatic N) is 2. The SMILES string of the molecule is O=C([C@H]1Cc2ccccc2O1)N1CCC[C@H](c2nc3ccccc3s2)C1. The minimum Gasteiger partial charge on any atom is -0.480 e. The zero-order chi connectivity index (χ0) is 17.5. The third-order valence-electron chi connectivity index (χ3n) is 5.32. The van der Waals surface area contributed by atoms with Crippen LogP contribution < -0.4 is 4.74 Å². The van der Waals surface area contributed by atoms with Gasteiger partial charge < -0.3 is 9.64 Å². The van der Waals surface area contributed by atoms with E-state index in [0.717, 1.165) is 47.8 Å². The summed E-state index contributed by atoms with van der Waals surface area (Å²) in [7, 11) is 0. The minimum absolute atomic E-state index is 0.118. The van der Waals surface area contributed by atoms with Crippen molar-refractivity contribution in [3.63, 3.8) is 0 Å². The van der Waals surface area contributed by atoms with Crippen LogP contribution in [-0.4, -0.2) is 35.0 Å². The number of likely N-dealkylation sites (tertiary alicyclic amines) is 1. The first kappa shape index (κ1) is 15.8. The van der Waals surface area contributed by atoms with Crippen molar-refractivity contribution in [1.29, 1.82) is 0 Å². The van der Waals surface area contributed by atoms with Crippen molar-refractivity contribution in [3.8, 4) is 5.75 Å². The van der Waals surface area contributed by atoms with Crippen molar-refractivity contribution < 1.29 is 9.53 Å². The maximum absolute atomic E-state index is 13.0. The van der Waals surface area contributed by atoms with E-state index in [1.807, 2.05) is 35.2 Å². The fourth-order valence-electron chi connectivity index (χ4n) is 3.97. The molecule has 2 aliphatic rings. The molecule has 5 rings (SSSR count). The summed E-state index contributed by atoms with van der Waals surface area (Å²) in [4.78, 5) is 19.8. The second-order valence-corrected chi connectivity index (χ2v) is 8.12. The predicted octanol–water partition coefficient (Wildman–Crippen LogP) is 4.01. The largest absolute Gasteiger partial charge is 0.480 e. The van der Waals surface area contributed by atoms with Crippen LogP contribution in [0.5, 0.6) is 5.75 Å². The fourth-order valence-corrected chi connectivity index (χ4v) is 5.06. The number of hydrogen-bond donors (Lipinski definition) is 0. The maximum Gasteiger partial charge on any atom is 0.264 e. The predicted molar refractivity (Wildman–Crippen MR) is 103 cm³/mol. The first-order valence-corrected chi connectivity index (χ1v) is 9.98. The van der Waals surface area contributed by atoms with Gasteiger partial charge in [0.05, 0.1) is 15.2 Å². The first-order chi connectivity index (χ1) is 12.8. The maximum atomic E-state index is 13.0. The van der Waals surface area contributed by atoms with Gasteiger partial charge in [0.15, 0.2) is 6.10 Å². The van der Waals surface area contributed by atoms with Gasteiger partial charge in [-0.15, -0.1) is 11.3 Å². The number of hydrogen-bond acceptors (Lipinski definition) is 4. The molecule has 0 bridgehead atoms. The fraction of sp³-hybridized carbons (Fsp3) is 0.333. The lowest BCUT2D eigenvalue weighted by Gasteiger charge is -2.33. The number of carbonyl (C=O) groups excluding carboxylic acids is 1. The van der Waals surface area contributed by atoms with Gasteiger partial charge in [0, 0.05) is 25.4 Å². The summed E-state index contributed by atoms with van der Waals surface area (Å²) in [6.45, 7) is 1.56. The van der Waals surface area contributed by atoms with E-state index >= 15 is 0 Å². The van der Waals surface area contributed by atoms with Crippen LogP contribution in [0.25, 0.3) is 10.2 Å². The Balaban J connectivity index is 1.32. The molecule has 132 valence electrons. The minimum atomic E-state index is -0.374. The number of benzene rings is 2. The normalized spacial score (nSPS) is 22.2. The monoisotopic (exact) mass is 364 g/mol. The van der Waals surface area contributed by atoms with E-state index in [-0.39, 0.29) is 12.0 Å². The summed E-state index contributed by atoms with van der Waals surface area (Å²) in [5, 5.41) is 1.15. The van der Waals surface area contributed by atoms with E-state index in [4.69, 9.17) is 9.72 Å². The van der Waals surface area contributed by atoms with Gasteiger partial charge in [-0.25, -0.2) is 4.98 Å². The zero-order valence-corrected chi connectivity index (χ0v) is 15.2. The molecule has 4 nitrogen and oxygen atoms in total. The van der Waals surface area contributed by atoms with E-state index in [1.54, 1.807) is 11.3 Å². The highest BCUT2D eigenvalue weighted by molar-refractivity contribution is 7.18. The molecule has 0 aliphatic carbocycles. The van der Waals surface area contributed by atoms with Crippen molar-refractivity contribution >= 4 is 27.5 Å². The average molecular weight is 364 g/mol. The second-order valence-electron chi connectivity index (χ2n) is 7.06. The number of aromatic nitrogens is 1. The molecule has 0 radical (unpaired) electrons. The van der Waals surface area contributed by atoms with E-state index in [9.17, 15) is 4.79 Å². The Morgan fingerprint density at radius 3 is 2.88 bits per heavy atom. The van der Waals surface area contributed by atoms with Crippen molar-refractivity contribution in [1.82, 2.24) is 9.88 Å². The van der Waals surface area contributed by atoms with Gasteiger partial charge in [-0.3, -0.25) is 4.79 Å². The number of amides is 1. The summed E-state index contributed by atoms with van der Waals surface area (Å²) in [6, 6.07) is 16.2. The summed E-state index contributed by atoms with van der Waals surface area (Å²) < 4.78 is 7.13. The highest BCUT2D eigenvalue weighted by Gasteiger charge is 2.35. The average Bonchev–Trinajstić information content (AvgIpc) is 3.31. The van der Waals surface area contributed by atoms with Crippen molar-refractivity contribution in [2.75, 3.05) is 13.1 Å². The lowest BCUT2D eigenvalue weighted by atomic mass is 9.98. The number of fused-ring (bicyclic) bond motifs is 2. The van der Waals surface area contributed by atoms with Crippen molar-refractivity contribution in [3.05, 3.63) is 59.1 Å². The number of rotatable bonds is 2. The molecule has 2 aromatic carbocycles. The van der Waals surface area contributed by atoms with E-state index in [0.29, 0.717) is 12.3 Å². The van der Waals surface area contributed by atoms with Crippen LogP contribution >= 0.6 is 11.3 Å². The zero-order valence-electron chi connectivity index (χ0n) is 14.4. The Bertz CT molecular complexity index is 909. The Morgan fingerprint density at radius 2 is 2.00 bits per heavy atom. The highest BCUT2D eigenvalue weighted by Crippen LogP contribution is 2.34. The number of carbonyl (C=O) groups is 1. The van der Waals surface area contributed by atoms with Gasteiger partial charge in [-0.1, -0.05) is 30.3 Å². The molecular weight excluding hydrogens is 344 g/mol. The van der Waals surface area contributed by atoms with Gasteiger partial charge in [0.25, 0.3) is 5.91 Å². The molecule has 0 N–H and O–H groups in total. The molecule has 1 fully saturated rings. The molecule has 1 aromatic heterocycles. The number of ether oxygens (including phenoxy) is 1. The summed E-state index contributed by atoms with van der Waals surface area (Å²) in [5.74, 6) is 1.30. The van der Waals surface area contributed by atoms with Gasteiger partial charge in [-0.05, 0) is 36.6 Å². The Labute approximate surface area is 156 Å². The third kappa shape index (κ3) is 2.76. The number of para-hydroxylation sites is 2. The molecule has 0 saturated carbocycles. The van der Waals surface area contributed by atoms with Crippen LogP contribution in [0, 0.1) is 0 Å². The molecule has 1 saturated heterocycles. The molecule has 3 heterocycles. The molecule has 0 spiro atoms. The summed E-state index contributed by atoms with van der Waals surface area (Å²) in [5.41, 5.74) is 2.19. The molecule has 3 aromatic rings. The van der Waals surface area contributed by atoms with Crippen LogP contribution in [0.4, 0.5) is 0 Å². The van der Waals surface area contributed by atoms with E-state index < -0.39 is 0 Å². The lowest BCUT2D eigenvalue weighted by molar-refractivity contribution is -0.139. The molecule has 5 heteroatoms.